The topological polar surface area (TPSA) is 94.6 Å². The van der Waals surface area contributed by atoms with E-state index in [-0.39, 0.29) is 17.1 Å². The van der Waals surface area contributed by atoms with Gasteiger partial charge in [0.25, 0.3) is 0 Å². The van der Waals surface area contributed by atoms with Gasteiger partial charge in [-0.05, 0) is 48.9 Å². The predicted molar refractivity (Wildman–Crippen MR) is 111 cm³/mol. The number of ether oxygens (including phenoxy) is 1. The van der Waals surface area contributed by atoms with Crippen molar-refractivity contribution in [3.05, 3.63) is 81.1 Å². The molecule has 8 heteroatoms. The summed E-state index contributed by atoms with van der Waals surface area (Å²) < 4.78 is 10.7. The van der Waals surface area contributed by atoms with Crippen LogP contribution in [0.25, 0.3) is 17.4 Å². The first kappa shape index (κ1) is 20.2. The zero-order valence-corrected chi connectivity index (χ0v) is 16.4. The Morgan fingerprint density at radius 1 is 1.21 bits per heavy atom. The lowest BCUT2D eigenvalue weighted by Gasteiger charge is -2.05. The molecule has 148 valence electrons. The van der Waals surface area contributed by atoms with Crippen LogP contribution in [0.4, 0.5) is 11.4 Å². The molecule has 0 fully saturated rings. The molecule has 0 spiro atoms. The SMILES string of the molecule is COc1ccc(NC(=O)C=Cc2ccc(-c3ccc(C)c(Cl)c3)o2)cc1[N+](=O)[O-]. The maximum Gasteiger partial charge on any atom is 0.312 e. The van der Waals surface area contributed by atoms with Crippen molar-refractivity contribution in [3.8, 4) is 17.1 Å². The predicted octanol–water partition coefficient (Wildman–Crippen LogP) is 5.48. The van der Waals surface area contributed by atoms with Gasteiger partial charge in [-0.25, -0.2) is 0 Å². The number of anilines is 1. The first-order valence-electron chi connectivity index (χ1n) is 8.55. The van der Waals surface area contributed by atoms with Crippen molar-refractivity contribution in [2.45, 2.75) is 6.92 Å². The highest BCUT2D eigenvalue weighted by molar-refractivity contribution is 6.31. The van der Waals surface area contributed by atoms with E-state index in [9.17, 15) is 14.9 Å². The number of carbonyl (C=O) groups is 1. The summed E-state index contributed by atoms with van der Waals surface area (Å²) in [6.07, 6.45) is 2.79. The average molecular weight is 413 g/mol. The van der Waals surface area contributed by atoms with Gasteiger partial charge in [0.05, 0.1) is 12.0 Å². The molecule has 3 rings (SSSR count). The average Bonchev–Trinajstić information content (AvgIpc) is 3.17. The maximum absolute atomic E-state index is 12.1. The standard InChI is InChI=1S/C21H17ClN2O5/c1-13-3-4-14(11-17(13)22)19-9-6-16(29-19)7-10-21(25)23-15-5-8-20(28-2)18(12-15)24(26)27/h3-12H,1-2H3,(H,23,25). The quantitative estimate of drug-likeness (QED) is 0.328. The number of benzene rings is 2. The molecule has 2 aromatic carbocycles. The summed E-state index contributed by atoms with van der Waals surface area (Å²) in [5, 5.41) is 14.3. The molecule has 1 aromatic heterocycles. The van der Waals surface area contributed by atoms with Gasteiger partial charge in [-0.1, -0.05) is 23.7 Å². The number of nitro benzene ring substituents is 1. The second-order valence-electron chi connectivity index (χ2n) is 6.13. The molecular formula is C21H17ClN2O5. The first-order valence-corrected chi connectivity index (χ1v) is 8.93. The Kier molecular flexibility index (Phi) is 5.99. The minimum atomic E-state index is -0.577. The Morgan fingerprint density at radius 2 is 2.00 bits per heavy atom. The fraction of sp³-hybridized carbons (Fsp3) is 0.0952. The third kappa shape index (κ3) is 4.83. The summed E-state index contributed by atoms with van der Waals surface area (Å²) in [7, 11) is 1.34. The van der Waals surface area contributed by atoms with Crippen LogP contribution < -0.4 is 10.1 Å². The maximum atomic E-state index is 12.1. The van der Waals surface area contributed by atoms with E-state index in [1.54, 1.807) is 12.1 Å². The zero-order valence-electron chi connectivity index (χ0n) is 15.6. The Labute approximate surface area is 171 Å². The van der Waals surface area contributed by atoms with E-state index in [1.807, 2.05) is 25.1 Å². The molecule has 29 heavy (non-hydrogen) atoms. The molecule has 0 unspecified atom stereocenters. The minimum Gasteiger partial charge on any atom is -0.490 e. The third-order valence-corrected chi connectivity index (χ3v) is 4.53. The molecule has 0 radical (unpaired) electrons. The smallest absolute Gasteiger partial charge is 0.312 e. The van der Waals surface area contributed by atoms with Crippen LogP contribution in [-0.4, -0.2) is 17.9 Å². The van der Waals surface area contributed by atoms with Crippen molar-refractivity contribution in [2.24, 2.45) is 0 Å². The lowest BCUT2D eigenvalue weighted by atomic mass is 10.1. The van der Waals surface area contributed by atoms with Crippen LogP contribution in [0, 0.1) is 17.0 Å². The number of rotatable bonds is 6. The van der Waals surface area contributed by atoms with Crippen molar-refractivity contribution in [2.75, 3.05) is 12.4 Å². The van der Waals surface area contributed by atoms with Crippen molar-refractivity contribution in [1.29, 1.82) is 0 Å². The van der Waals surface area contributed by atoms with Crippen molar-refractivity contribution in [1.82, 2.24) is 0 Å². The highest BCUT2D eigenvalue weighted by Gasteiger charge is 2.15. The van der Waals surface area contributed by atoms with Crippen LogP contribution in [-0.2, 0) is 4.79 Å². The normalized spacial score (nSPS) is 10.9. The first-order chi connectivity index (χ1) is 13.9. The number of carbonyl (C=O) groups excluding carboxylic acids is 1. The van der Waals surface area contributed by atoms with Crippen LogP contribution in [0.2, 0.25) is 5.02 Å². The van der Waals surface area contributed by atoms with E-state index < -0.39 is 10.8 Å². The lowest BCUT2D eigenvalue weighted by molar-refractivity contribution is -0.385. The lowest BCUT2D eigenvalue weighted by Crippen LogP contribution is -2.08. The van der Waals surface area contributed by atoms with E-state index in [2.05, 4.69) is 5.32 Å². The van der Waals surface area contributed by atoms with Gasteiger partial charge in [-0.3, -0.25) is 14.9 Å². The van der Waals surface area contributed by atoms with E-state index in [0.29, 0.717) is 16.5 Å². The number of hydrogen-bond acceptors (Lipinski definition) is 5. The fourth-order valence-corrected chi connectivity index (χ4v) is 2.78. The fourth-order valence-electron chi connectivity index (χ4n) is 2.60. The molecular weight excluding hydrogens is 396 g/mol. The molecule has 0 saturated carbocycles. The summed E-state index contributed by atoms with van der Waals surface area (Å²) in [6, 6.07) is 13.3. The molecule has 1 heterocycles. The second-order valence-corrected chi connectivity index (χ2v) is 6.54. The molecule has 1 N–H and O–H groups in total. The molecule has 1 amide bonds. The number of halogens is 1. The monoisotopic (exact) mass is 412 g/mol. The third-order valence-electron chi connectivity index (χ3n) is 4.13. The number of methoxy groups -OCH3 is 1. The van der Waals surface area contributed by atoms with Crippen LogP contribution in [0.3, 0.4) is 0 Å². The zero-order chi connectivity index (χ0) is 21.0. The van der Waals surface area contributed by atoms with E-state index in [4.69, 9.17) is 20.8 Å². The summed E-state index contributed by atoms with van der Waals surface area (Å²) in [4.78, 5) is 22.6. The number of hydrogen-bond donors (Lipinski definition) is 1. The van der Waals surface area contributed by atoms with Crippen molar-refractivity contribution >= 4 is 35.0 Å². The molecule has 0 aliphatic heterocycles. The van der Waals surface area contributed by atoms with Gasteiger partial charge >= 0.3 is 5.69 Å². The Hall–Kier alpha value is -3.58. The number of nitro groups is 1. The summed E-state index contributed by atoms with van der Waals surface area (Å²) in [5.74, 6) is 0.758. The molecule has 0 bridgehead atoms. The molecule has 0 aliphatic carbocycles. The molecule has 7 nitrogen and oxygen atoms in total. The number of nitrogens with zero attached hydrogens (tertiary/aromatic N) is 1. The Morgan fingerprint density at radius 3 is 2.69 bits per heavy atom. The summed E-state index contributed by atoms with van der Waals surface area (Å²) in [6.45, 7) is 1.92. The van der Waals surface area contributed by atoms with Crippen LogP contribution in [0.5, 0.6) is 5.75 Å². The van der Waals surface area contributed by atoms with Crippen LogP contribution >= 0.6 is 11.6 Å². The van der Waals surface area contributed by atoms with Gasteiger partial charge in [-0.15, -0.1) is 0 Å². The largest absolute Gasteiger partial charge is 0.490 e. The van der Waals surface area contributed by atoms with E-state index >= 15 is 0 Å². The molecule has 3 aromatic rings. The Balaban J connectivity index is 1.70. The van der Waals surface area contributed by atoms with Gasteiger partial charge in [0.15, 0.2) is 5.75 Å². The second kappa shape index (κ2) is 8.62. The Bertz CT molecular complexity index is 1100. The van der Waals surface area contributed by atoms with Crippen molar-refractivity contribution < 1.29 is 18.9 Å². The number of nitrogens with one attached hydrogen (secondary N) is 1. The molecule has 0 atom stereocenters. The summed E-state index contributed by atoms with van der Waals surface area (Å²) in [5.41, 5.74) is 1.84. The minimum absolute atomic E-state index is 0.114. The van der Waals surface area contributed by atoms with E-state index in [1.165, 1.54) is 37.5 Å². The van der Waals surface area contributed by atoms with Gasteiger partial charge < -0.3 is 14.5 Å². The van der Waals surface area contributed by atoms with Gasteiger partial charge in [-0.2, -0.15) is 0 Å². The van der Waals surface area contributed by atoms with Crippen molar-refractivity contribution in [3.63, 3.8) is 0 Å². The van der Waals surface area contributed by atoms with E-state index in [0.717, 1.165) is 11.1 Å². The van der Waals surface area contributed by atoms with Gasteiger partial charge in [0.2, 0.25) is 5.91 Å². The highest BCUT2D eigenvalue weighted by Crippen LogP contribution is 2.30. The van der Waals surface area contributed by atoms with Gasteiger partial charge in [0, 0.05) is 28.4 Å². The summed E-state index contributed by atoms with van der Waals surface area (Å²) >= 11 is 6.14. The van der Waals surface area contributed by atoms with Gasteiger partial charge in [0.1, 0.15) is 11.5 Å². The molecule has 0 aliphatic rings. The highest BCUT2D eigenvalue weighted by atomic mass is 35.5. The van der Waals surface area contributed by atoms with Crippen LogP contribution in [0.1, 0.15) is 11.3 Å². The number of furan rings is 1. The number of amides is 1. The van der Waals surface area contributed by atoms with Crippen LogP contribution in [0.15, 0.2) is 59.0 Å². The molecule has 0 saturated heterocycles. The number of aryl methyl sites for hydroxylation is 1.